The number of nitrogens with one attached hydrogen (secondary N) is 1. The van der Waals surface area contributed by atoms with Gasteiger partial charge in [-0.25, -0.2) is 0 Å². The topological polar surface area (TPSA) is 58.4 Å². The first-order chi connectivity index (χ1) is 9.99. The number of benzene rings is 1. The first kappa shape index (κ1) is 17.5. The predicted octanol–water partition coefficient (Wildman–Crippen LogP) is 2.76. The molecule has 1 aromatic rings. The lowest BCUT2D eigenvalue weighted by atomic mass is 10.0. The molecule has 0 bridgehead atoms. The summed E-state index contributed by atoms with van der Waals surface area (Å²) in [6, 6.07) is 7.56. The van der Waals surface area contributed by atoms with Crippen LogP contribution in [0.4, 0.5) is 5.69 Å². The van der Waals surface area contributed by atoms with Gasteiger partial charge >= 0.3 is 0 Å². The zero-order valence-electron chi connectivity index (χ0n) is 13.7. The molecule has 21 heavy (non-hydrogen) atoms. The molecular formula is C17H29N3O. The molecule has 0 spiro atoms. The second kappa shape index (κ2) is 8.67. The van der Waals surface area contributed by atoms with E-state index in [1.54, 1.807) is 12.1 Å². The zero-order valence-corrected chi connectivity index (χ0v) is 13.7. The second-order valence-corrected chi connectivity index (χ2v) is 5.80. The lowest BCUT2D eigenvalue weighted by Gasteiger charge is -2.31. The highest BCUT2D eigenvalue weighted by Crippen LogP contribution is 2.13. The molecule has 1 rings (SSSR count). The number of para-hydroxylation sites is 1. The third-order valence-corrected chi connectivity index (χ3v) is 3.78. The van der Waals surface area contributed by atoms with Gasteiger partial charge < -0.3 is 11.1 Å². The van der Waals surface area contributed by atoms with E-state index < -0.39 is 0 Å². The minimum atomic E-state index is -0.0889. The van der Waals surface area contributed by atoms with Crippen molar-refractivity contribution in [1.82, 2.24) is 10.2 Å². The Kier molecular flexibility index (Phi) is 7.23. The van der Waals surface area contributed by atoms with Crippen molar-refractivity contribution in [2.45, 2.75) is 40.2 Å². The molecule has 0 radical (unpaired) electrons. The van der Waals surface area contributed by atoms with Crippen LogP contribution in [0.2, 0.25) is 0 Å². The minimum Gasteiger partial charge on any atom is -0.398 e. The maximum Gasteiger partial charge on any atom is 0.253 e. The van der Waals surface area contributed by atoms with Crippen LogP contribution in [-0.2, 0) is 0 Å². The van der Waals surface area contributed by atoms with Gasteiger partial charge in [0.2, 0.25) is 0 Å². The average molecular weight is 291 g/mol. The highest BCUT2D eigenvalue weighted by Gasteiger charge is 2.18. The predicted molar refractivity (Wildman–Crippen MR) is 89.4 cm³/mol. The van der Waals surface area contributed by atoms with Crippen LogP contribution in [0.1, 0.15) is 44.5 Å². The van der Waals surface area contributed by atoms with Crippen molar-refractivity contribution in [1.29, 1.82) is 0 Å². The quantitative estimate of drug-likeness (QED) is 0.724. The van der Waals surface area contributed by atoms with Crippen LogP contribution < -0.4 is 11.1 Å². The normalized spacial score (nSPS) is 12.7. The summed E-state index contributed by atoms with van der Waals surface area (Å²) in [5, 5.41) is 3.03. The Bertz CT molecular complexity index is 441. The SMILES string of the molecule is CCN(CC)C(CNC(=O)c1ccccc1N)CC(C)C. The fraction of sp³-hybridized carbons (Fsp3) is 0.588. The number of likely N-dealkylation sites (N-methyl/N-ethyl adjacent to an activating group) is 1. The number of carbonyl (C=O) groups is 1. The summed E-state index contributed by atoms with van der Waals surface area (Å²) in [7, 11) is 0. The van der Waals surface area contributed by atoms with E-state index in [1.165, 1.54) is 0 Å². The Morgan fingerprint density at radius 1 is 1.24 bits per heavy atom. The van der Waals surface area contributed by atoms with Gasteiger partial charge in [0, 0.05) is 18.3 Å². The number of hydrogen-bond donors (Lipinski definition) is 2. The highest BCUT2D eigenvalue weighted by molar-refractivity contribution is 5.99. The maximum atomic E-state index is 12.2. The number of amides is 1. The van der Waals surface area contributed by atoms with E-state index >= 15 is 0 Å². The number of nitrogens with two attached hydrogens (primary N) is 1. The van der Waals surface area contributed by atoms with Crippen LogP contribution in [0.25, 0.3) is 0 Å². The van der Waals surface area contributed by atoms with Crippen molar-refractivity contribution in [2.24, 2.45) is 5.92 Å². The fourth-order valence-corrected chi connectivity index (χ4v) is 2.66. The summed E-state index contributed by atoms with van der Waals surface area (Å²) in [5.41, 5.74) is 6.93. The van der Waals surface area contributed by atoms with Crippen molar-refractivity contribution in [3.8, 4) is 0 Å². The molecule has 0 aromatic heterocycles. The second-order valence-electron chi connectivity index (χ2n) is 5.80. The molecular weight excluding hydrogens is 262 g/mol. The summed E-state index contributed by atoms with van der Waals surface area (Å²) < 4.78 is 0. The van der Waals surface area contributed by atoms with E-state index in [2.05, 4.69) is 37.9 Å². The first-order valence-corrected chi connectivity index (χ1v) is 7.86. The Morgan fingerprint density at radius 3 is 2.38 bits per heavy atom. The van der Waals surface area contributed by atoms with Crippen LogP contribution in [-0.4, -0.2) is 36.5 Å². The van der Waals surface area contributed by atoms with E-state index in [0.717, 1.165) is 19.5 Å². The first-order valence-electron chi connectivity index (χ1n) is 7.86. The van der Waals surface area contributed by atoms with E-state index in [0.29, 0.717) is 29.8 Å². The van der Waals surface area contributed by atoms with E-state index in [1.807, 2.05) is 12.1 Å². The molecule has 0 fully saturated rings. The molecule has 1 aromatic carbocycles. The van der Waals surface area contributed by atoms with E-state index in [9.17, 15) is 4.79 Å². The molecule has 1 amide bonds. The van der Waals surface area contributed by atoms with Crippen molar-refractivity contribution in [3.63, 3.8) is 0 Å². The lowest BCUT2D eigenvalue weighted by molar-refractivity contribution is 0.0930. The number of rotatable bonds is 8. The summed E-state index contributed by atoms with van der Waals surface area (Å²) in [6.45, 7) is 11.4. The van der Waals surface area contributed by atoms with Gasteiger partial charge in [-0.2, -0.15) is 0 Å². The Hall–Kier alpha value is -1.55. The molecule has 1 atom stereocenters. The number of anilines is 1. The molecule has 4 nitrogen and oxygen atoms in total. The lowest BCUT2D eigenvalue weighted by Crippen LogP contribution is -2.44. The smallest absolute Gasteiger partial charge is 0.253 e. The van der Waals surface area contributed by atoms with Crippen molar-refractivity contribution in [3.05, 3.63) is 29.8 Å². The standard InChI is InChI=1S/C17H29N3O/c1-5-20(6-2)14(11-13(3)4)12-19-17(21)15-9-7-8-10-16(15)18/h7-10,13-14H,5-6,11-12,18H2,1-4H3,(H,19,21). The van der Waals surface area contributed by atoms with Gasteiger partial charge in [0.15, 0.2) is 0 Å². The monoisotopic (exact) mass is 291 g/mol. The Labute approximate surface area is 128 Å². The molecule has 0 heterocycles. The molecule has 118 valence electrons. The summed E-state index contributed by atoms with van der Waals surface area (Å²) >= 11 is 0. The third kappa shape index (κ3) is 5.38. The van der Waals surface area contributed by atoms with Crippen LogP contribution in [0.15, 0.2) is 24.3 Å². The van der Waals surface area contributed by atoms with Gasteiger partial charge in [0.1, 0.15) is 0 Å². The van der Waals surface area contributed by atoms with Crippen LogP contribution in [0.3, 0.4) is 0 Å². The molecule has 0 saturated carbocycles. The van der Waals surface area contributed by atoms with Gasteiger partial charge in [-0.15, -0.1) is 0 Å². The van der Waals surface area contributed by atoms with Gasteiger partial charge in [-0.3, -0.25) is 9.69 Å². The van der Waals surface area contributed by atoms with E-state index in [-0.39, 0.29) is 5.91 Å². The van der Waals surface area contributed by atoms with Gasteiger partial charge in [0.25, 0.3) is 5.91 Å². The molecule has 0 aliphatic heterocycles. The fourth-order valence-electron chi connectivity index (χ4n) is 2.66. The number of hydrogen-bond acceptors (Lipinski definition) is 3. The Balaban J connectivity index is 2.68. The largest absolute Gasteiger partial charge is 0.398 e. The molecule has 0 saturated heterocycles. The average Bonchev–Trinajstić information content (AvgIpc) is 2.45. The minimum absolute atomic E-state index is 0.0889. The van der Waals surface area contributed by atoms with E-state index in [4.69, 9.17) is 5.73 Å². The molecule has 3 N–H and O–H groups in total. The molecule has 4 heteroatoms. The number of nitrogens with zero attached hydrogens (tertiary/aromatic N) is 1. The molecule has 1 unspecified atom stereocenters. The zero-order chi connectivity index (χ0) is 15.8. The van der Waals surface area contributed by atoms with Gasteiger partial charge in [-0.1, -0.05) is 39.8 Å². The number of nitrogen functional groups attached to an aromatic ring is 1. The van der Waals surface area contributed by atoms with Crippen molar-refractivity contribution < 1.29 is 4.79 Å². The van der Waals surface area contributed by atoms with Crippen LogP contribution in [0, 0.1) is 5.92 Å². The number of carbonyl (C=O) groups excluding carboxylic acids is 1. The molecule has 0 aliphatic rings. The Morgan fingerprint density at radius 2 is 1.86 bits per heavy atom. The highest BCUT2D eigenvalue weighted by atomic mass is 16.1. The van der Waals surface area contributed by atoms with Gasteiger partial charge in [0.05, 0.1) is 5.56 Å². The van der Waals surface area contributed by atoms with Crippen LogP contribution in [0.5, 0.6) is 0 Å². The summed E-state index contributed by atoms with van der Waals surface area (Å²) in [6.07, 6.45) is 1.08. The van der Waals surface area contributed by atoms with Crippen molar-refractivity contribution in [2.75, 3.05) is 25.4 Å². The van der Waals surface area contributed by atoms with Gasteiger partial charge in [-0.05, 0) is 37.6 Å². The summed E-state index contributed by atoms with van der Waals surface area (Å²) in [4.78, 5) is 14.6. The van der Waals surface area contributed by atoms with Crippen molar-refractivity contribution >= 4 is 11.6 Å². The van der Waals surface area contributed by atoms with Crippen LogP contribution >= 0.6 is 0 Å². The maximum absolute atomic E-state index is 12.2. The summed E-state index contributed by atoms with van der Waals surface area (Å²) in [5.74, 6) is 0.517. The molecule has 0 aliphatic carbocycles. The third-order valence-electron chi connectivity index (χ3n) is 3.78.